The summed E-state index contributed by atoms with van der Waals surface area (Å²) in [4.78, 5) is 33.9. The number of fused-ring (bicyclic) bond motifs is 1. The normalized spacial score (nSPS) is 24.8. The maximum absolute atomic E-state index is 17.0. The number of nitrogens with zero attached hydrogens (tertiary/aromatic N) is 3. The van der Waals surface area contributed by atoms with E-state index in [0.29, 0.717) is 67.8 Å². The van der Waals surface area contributed by atoms with Crippen molar-refractivity contribution in [2.45, 2.75) is 76.6 Å². The minimum Gasteiger partial charge on any atom is -0.478 e. The van der Waals surface area contributed by atoms with Gasteiger partial charge in [0.2, 0.25) is 0 Å². The third-order valence-electron chi connectivity index (χ3n) is 9.44. The first-order valence-corrected chi connectivity index (χ1v) is 16.0. The van der Waals surface area contributed by atoms with Gasteiger partial charge in [-0.15, -0.1) is 0 Å². The first kappa shape index (κ1) is 30.6. The van der Waals surface area contributed by atoms with Crippen LogP contribution in [-0.2, 0) is 17.6 Å². The van der Waals surface area contributed by atoms with Crippen LogP contribution in [0, 0.1) is 5.92 Å². The summed E-state index contributed by atoms with van der Waals surface area (Å²) in [7, 11) is 0. The number of aryl methyl sites for hydroxylation is 1. The number of amides is 1. The fraction of sp³-hybridized carbons (Fsp3) is 0.514. The maximum atomic E-state index is 17.0. The predicted octanol–water partition coefficient (Wildman–Crippen LogP) is 6.04. The number of rotatable bonds is 10. The molecule has 44 heavy (non-hydrogen) atoms. The maximum Gasteiger partial charge on any atom is 0.337 e. The van der Waals surface area contributed by atoms with Gasteiger partial charge in [-0.3, -0.25) is 14.7 Å². The van der Waals surface area contributed by atoms with E-state index in [1.54, 1.807) is 13.0 Å². The molecule has 6 rings (SSSR count). The van der Waals surface area contributed by atoms with E-state index < -0.39 is 23.6 Å². The second-order valence-electron chi connectivity index (χ2n) is 12.5. The number of carboxylic acids is 1. The molecule has 1 N–H and O–H groups in total. The summed E-state index contributed by atoms with van der Waals surface area (Å²) in [5, 5.41) is 9.73. The molecule has 2 aliphatic carbocycles. The fourth-order valence-corrected chi connectivity index (χ4v) is 7.16. The summed E-state index contributed by atoms with van der Waals surface area (Å²) < 4.78 is 39.1. The molecule has 0 radical (unpaired) electrons. The van der Waals surface area contributed by atoms with Crippen molar-refractivity contribution < 1.29 is 28.2 Å². The number of pyridine rings is 1. The summed E-state index contributed by atoms with van der Waals surface area (Å²) in [5.74, 6) is -1.64. The van der Waals surface area contributed by atoms with Gasteiger partial charge < -0.3 is 14.7 Å². The Morgan fingerprint density at radius 2 is 1.84 bits per heavy atom. The van der Waals surface area contributed by atoms with E-state index in [-0.39, 0.29) is 36.6 Å². The zero-order valence-corrected chi connectivity index (χ0v) is 25.5. The second kappa shape index (κ2) is 12.5. The molecular weight excluding hydrogens is 564 g/mol. The van der Waals surface area contributed by atoms with Crippen LogP contribution in [0.25, 0.3) is 5.57 Å². The molecule has 234 valence electrons. The summed E-state index contributed by atoms with van der Waals surface area (Å²) in [6.07, 6.45) is 5.36. The molecule has 9 heteroatoms. The van der Waals surface area contributed by atoms with Crippen LogP contribution in [0.5, 0.6) is 0 Å². The molecule has 2 fully saturated rings. The molecular formula is C35H41F2N3O4. The predicted molar refractivity (Wildman–Crippen MR) is 164 cm³/mol. The van der Waals surface area contributed by atoms with E-state index in [1.807, 2.05) is 47.1 Å². The van der Waals surface area contributed by atoms with Gasteiger partial charge in [-0.1, -0.05) is 43.7 Å². The number of alkyl halides is 1. The van der Waals surface area contributed by atoms with Crippen molar-refractivity contribution in [2.24, 2.45) is 5.92 Å². The number of benzene rings is 1. The molecule has 2 unspecified atom stereocenters. The van der Waals surface area contributed by atoms with Crippen LogP contribution in [0.4, 0.5) is 8.78 Å². The molecule has 1 aromatic carbocycles. The molecule has 1 amide bonds. The Morgan fingerprint density at radius 3 is 2.48 bits per heavy atom. The Kier molecular flexibility index (Phi) is 8.70. The Labute approximate surface area is 257 Å². The fourth-order valence-electron chi connectivity index (χ4n) is 7.16. The Bertz CT molecular complexity index is 1480. The van der Waals surface area contributed by atoms with E-state index in [2.05, 4.69) is 4.98 Å². The average Bonchev–Trinajstić information content (AvgIpc) is 3.86. The second-order valence-corrected chi connectivity index (χ2v) is 12.5. The number of hydrogen-bond acceptors (Lipinski definition) is 5. The highest BCUT2D eigenvalue weighted by molar-refractivity contribution is 5.99. The Balaban J connectivity index is 1.17. The van der Waals surface area contributed by atoms with Crippen LogP contribution in [0.3, 0.4) is 0 Å². The minimum atomic E-state index is -2.02. The van der Waals surface area contributed by atoms with E-state index >= 15 is 8.78 Å². The highest BCUT2D eigenvalue weighted by Gasteiger charge is 2.50. The molecule has 4 aliphatic rings. The lowest BCUT2D eigenvalue weighted by Crippen LogP contribution is -2.54. The van der Waals surface area contributed by atoms with E-state index in [1.165, 1.54) is 6.07 Å². The van der Waals surface area contributed by atoms with Gasteiger partial charge in [-0.2, -0.15) is 0 Å². The topological polar surface area (TPSA) is 83.0 Å². The van der Waals surface area contributed by atoms with Crippen LogP contribution in [0.1, 0.15) is 83.6 Å². The first-order chi connectivity index (χ1) is 21.2. The Morgan fingerprint density at radius 1 is 1.11 bits per heavy atom. The summed E-state index contributed by atoms with van der Waals surface area (Å²) in [5.41, 5.74) is 1.61. The standard InChI is InChI=1S/C35H41F2N3O4/c1-3-8-28-26(34(42)43)19-25-29(38-28)15-18-40(33(25)41)24-13-16-39(17-14-24)21-35(37)20-27(22-11-12-22)30(23-9-6-5-7-10-23)31(36)32(35)44-4-2/h5-7,9-10,19-20,22,24,32H,3-4,8,11-18,21H2,1-2H3,(H,42,43). The number of allylic oxidation sites excluding steroid dienone is 2. The number of carbonyl (C=O) groups excluding carboxylic acids is 1. The molecule has 1 saturated heterocycles. The van der Waals surface area contributed by atoms with E-state index in [9.17, 15) is 14.7 Å². The molecule has 7 nitrogen and oxygen atoms in total. The van der Waals surface area contributed by atoms with Crippen LogP contribution in [-0.4, -0.2) is 82.4 Å². The van der Waals surface area contributed by atoms with Gasteiger partial charge in [0, 0.05) is 50.8 Å². The number of likely N-dealkylation sites (tertiary alicyclic amines) is 1. The summed E-state index contributed by atoms with van der Waals surface area (Å²) in [6.45, 7) is 5.57. The van der Waals surface area contributed by atoms with Gasteiger partial charge >= 0.3 is 5.97 Å². The monoisotopic (exact) mass is 605 g/mol. The van der Waals surface area contributed by atoms with Crippen molar-refractivity contribution in [1.29, 1.82) is 0 Å². The molecule has 0 spiro atoms. The Hall–Kier alpha value is -3.43. The van der Waals surface area contributed by atoms with Crippen molar-refractivity contribution in [3.8, 4) is 0 Å². The number of aromatic carboxylic acids is 1. The summed E-state index contributed by atoms with van der Waals surface area (Å²) >= 11 is 0. The van der Waals surface area contributed by atoms with Crippen molar-refractivity contribution in [3.05, 3.63) is 82.0 Å². The molecule has 1 saturated carbocycles. The molecule has 1 aromatic heterocycles. The third kappa shape index (κ3) is 5.84. The number of carbonyl (C=O) groups is 2. The number of carboxylic acid groups (broad SMARTS) is 1. The van der Waals surface area contributed by atoms with Gasteiger partial charge in [0.1, 0.15) is 11.9 Å². The van der Waals surface area contributed by atoms with E-state index in [4.69, 9.17) is 4.74 Å². The van der Waals surface area contributed by atoms with Gasteiger partial charge in [0.25, 0.3) is 5.91 Å². The molecule has 3 heterocycles. The number of piperidine rings is 1. The molecule has 0 bridgehead atoms. The van der Waals surface area contributed by atoms with Crippen molar-refractivity contribution >= 4 is 17.4 Å². The lowest BCUT2D eigenvalue weighted by Gasteiger charge is -2.43. The minimum absolute atomic E-state index is 0.0129. The van der Waals surface area contributed by atoms with Crippen LogP contribution in [0.2, 0.25) is 0 Å². The number of halogens is 2. The lowest BCUT2D eigenvalue weighted by atomic mass is 9.80. The average molecular weight is 606 g/mol. The van der Waals surface area contributed by atoms with Crippen LogP contribution < -0.4 is 0 Å². The van der Waals surface area contributed by atoms with Crippen LogP contribution >= 0.6 is 0 Å². The SMILES string of the molecule is CCCc1nc2c(cc1C(=O)O)C(=O)N(C1CCN(CC3(F)C=C(C4CC4)C(c4ccccc4)=C(F)C3OCC)CC1)CC2. The molecule has 2 aliphatic heterocycles. The van der Waals surface area contributed by atoms with E-state index in [0.717, 1.165) is 30.4 Å². The number of aromatic nitrogens is 1. The first-order valence-electron chi connectivity index (χ1n) is 16.0. The number of hydrogen-bond donors (Lipinski definition) is 1. The zero-order chi connectivity index (χ0) is 31.0. The van der Waals surface area contributed by atoms with Gasteiger partial charge in [0.15, 0.2) is 5.67 Å². The van der Waals surface area contributed by atoms with Crippen molar-refractivity contribution in [2.75, 3.05) is 32.8 Å². The molecule has 2 aromatic rings. The highest BCUT2D eigenvalue weighted by Crippen LogP contribution is 2.50. The van der Waals surface area contributed by atoms with Crippen LogP contribution in [0.15, 0.2) is 53.9 Å². The zero-order valence-electron chi connectivity index (χ0n) is 25.5. The smallest absolute Gasteiger partial charge is 0.337 e. The third-order valence-corrected chi connectivity index (χ3v) is 9.44. The lowest BCUT2D eigenvalue weighted by molar-refractivity contribution is -0.0425. The highest BCUT2D eigenvalue weighted by atomic mass is 19.2. The van der Waals surface area contributed by atoms with Crippen molar-refractivity contribution in [3.63, 3.8) is 0 Å². The van der Waals surface area contributed by atoms with Crippen molar-refractivity contribution in [1.82, 2.24) is 14.8 Å². The van der Waals surface area contributed by atoms with Gasteiger partial charge in [-0.25, -0.2) is 13.6 Å². The summed E-state index contributed by atoms with van der Waals surface area (Å²) in [6, 6.07) is 10.8. The molecule has 2 atom stereocenters. The van der Waals surface area contributed by atoms with Gasteiger partial charge in [0.05, 0.1) is 22.5 Å². The largest absolute Gasteiger partial charge is 0.478 e. The quantitative estimate of drug-likeness (QED) is 0.356. The number of ether oxygens (including phenoxy) is 1. The van der Waals surface area contributed by atoms with Gasteiger partial charge in [-0.05, 0) is 68.2 Å².